The summed E-state index contributed by atoms with van der Waals surface area (Å²) in [4.78, 5) is 0.247. The lowest BCUT2D eigenvalue weighted by atomic mass is 10.1. The van der Waals surface area contributed by atoms with Gasteiger partial charge in [0.25, 0.3) is 0 Å². The van der Waals surface area contributed by atoms with Crippen molar-refractivity contribution in [3.63, 3.8) is 0 Å². The molecule has 8 heteroatoms. The topological polar surface area (TPSA) is 92.3 Å². The predicted octanol–water partition coefficient (Wildman–Crippen LogP) is 3.30. The van der Waals surface area contributed by atoms with Crippen LogP contribution in [0.4, 0.5) is 0 Å². The number of rotatable bonds is 8. The van der Waals surface area contributed by atoms with Gasteiger partial charge in [0.15, 0.2) is 0 Å². The number of nitrogens with one attached hydrogen (secondary N) is 2. The highest BCUT2D eigenvalue weighted by Gasteiger charge is 2.24. The molecule has 0 aliphatic carbocycles. The van der Waals surface area contributed by atoms with E-state index < -0.39 is 26.1 Å². The molecule has 0 saturated heterocycles. The van der Waals surface area contributed by atoms with Gasteiger partial charge in [-0.05, 0) is 43.7 Å². The molecule has 3 aromatic carbocycles. The lowest BCUT2D eigenvalue weighted by Crippen LogP contribution is -2.37. The Morgan fingerprint density at radius 1 is 0.667 bits per heavy atom. The number of hydrogen-bond donors (Lipinski definition) is 2. The Labute approximate surface area is 178 Å². The van der Waals surface area contributed by atoms with E-state index in [1.165, 1.54) is 24.3 Å². The van der Waals surface area contributed by atoms with E-state index in [4.69, 9.17) is 0 Å². The van der Waals surface area contributed by atoms with Crippen molar-refractivity contribution in [1.29, 1.82) is 0 Å². The van der Waals surface area contributed by atoms with Crippen LogP contribution in [-0.2, 0) is 20.0 Å². The number of benzene rings is 3. The van der Waals surface area contributed by atoms with E-state index in [2.05, 4.69) is 9.44 Å². The first kappa shape index (κ1) is 22.2. The van der Waals surface area contributed by atoms with Crippen LogP contribution in [0.5, 0.6) is 0 Å². The summed E-state index contributed by atoms with van der Waals surface area (Å²) in [5, 5.41) is 0. The predicted molar refractivity (Wildman–Crippen MR) is 117 cm³/mol. The van der Waals surface area contributed by atoms with Crippen molar-refractivity contribution in [3.05, 3.63) is 95.6 Å². The zero-order valence-corrected chi connectivity index (χ0v) is 18.4. The lowest BCUT2D eigenvalue weighted by molar-refractivity contribution is 0.540. The van der Waals surface area contributed by atoms with Crippen LogP contribution in [0.1, 0.15) is 22.7 Å². The molecule has 0 radical (unpaired) electrons. The second kappa shape index (κ2) is 9.09. The minimum atomic E-state index is -3.85. The molecule has 0 aliphatic rings. The summed E-state index contributed by atoms with van der Waals surface area (Å²) >= 11 is 0. The number of sulfonamides is 2. The highest BCUT2D eigenvalue weighted by molar-refractivity contribution is 7.90. The van der Waals surface area contributed by atoms with Gasteiger partial charge < -0.3 is 0 Å². The summed E-state index contributed by atoms with van der Waals surface area (Å²) in [6.45, 7) is 3.61. The summed E-state index contributed by atoms with van der Waals surface area (Å²) in [5.41, 5.74) is 2.54. The van der Waals surface area contributed by atoms with Crippen molar-refractivity contribution < 1.29 is 16.8 Å². The third kappa shape index (κ3) is 5.54. The van der Waals surface area contributed by atoms with Crippen molar-refractivity contribution in [1.82, 2.24) is 9.44 Å². The first-order valence-electron chi connectivity index (χ1n) is 9.38. The van der Waals surface area contributed by atoms with Crippen LogP contribution in [-0.4, -0.2) is 23.4 Å². The van der Waals surface area contributed by atoms with Crippen LogP contribution in [0.2, 0.25) is 0 Å². The van der Waals surface area contributed by atoms with Crippen molar-refractivity contribution in [2.45, 2.75) is 29.7 Å². The van der Waals surface area contributed by atoms with Crippen LogP contribution in [0.25, 0.3) is 0 Å². The molecule has 0 bridgehead atoms. The first-order chi connectivity index (χ1) is 14.2. The molecule has 0 fully saturated rings. The maximum absolute atomic E-state index is 12.9. The standard InChI is InChI=1S/C22H24N2O4S2/c1-17-8-12-20(13-9-17)29(25,26)23-16-22(19-6-4-3-5-7-19)24-30(27,28)21-14-10-18(2)11-15-21/h3-15,22-24H,16H2,1-2H3. The number of hydrogen-bond acceptors (Lipinski definition) is 4. The molecule has 1 atom stereocenters. The molecule has 0 spiro atoms. The normalized spacial score (nSPS) is 13.1. The Balaban J connectivity index is 1.85. The molecule has 0 heterocycles. The van der Waals surface area contributed by atoms with Crippen molar-refractivity contribution in [3.8, 4) is 0 Å². The Morgan fingerprint density at radius 2 is 1.13 bits per heavy atom. The van der Waals surface area contributed by atoms with Gasteiger partial charge in [0.2, 0.25) is 20.0 Å². The SMILES string of the molecule is Cc1ccc(S(=O)(=O)NCC(NS(=O)(=O)c2ccc(C)cc2)c2ccccc2)cc1. The molecule has 0 saturated carbocycles. The molecule has 6 nitrogen and oxygen atoms in total. The Morgan fingerprint density at radius 3 is 1.63 bits per heavy atom. The monoisotopic (exact) mass is 444 g/mol. The lowest BCUT2D eigenvalue weighted by Gasteiger charge is -2.20. The largest absolute Gasteiger partial charge is 0.241 e. The molecule has 1 unspecified atom stereocenters. The highest BCUT2D eigenvalue weighted by atomic mass is 32.2. The van der Waals surface area contributed by atoms with Crippen molar-refractivity contribution >= 4 is 20.0 Å². The zero-order chi connectivity index (χ0) is 21.8. The fourth-order valence-electron chi connectivity index (χ4n) is 2.88. The molecular formula is C22H24N2O4S2. The van der Waals surface area contributed by atoms with Crippen molar-refractivity contribution in [2.75, 3.05) is 6.54 Å². The van der Waals surface area contributed by atoms with Gasteiger partial charge in [0.1, 0.15) is 0 Å². The minimum absolute atomic E-state index is 0.121. The molecule has 0 amide bonds. The Hall–Kier alpha value is -2.52. The second-order valence-electron chi connectivity index (χ2n) is 7.06. The average Bonchev–Trinajstić information content (AvgIpc) is 2.72. The van der Waals surface area contributed by atoms with E-state index in [0.29, 0.717) is 5.56 Å². The van der Waals surface area contributed by atoms with Gasteiger partial charge in [0, 0.05) is 6.54 Å². The van der Waals surface area contributed by atoms with Gasteiger partial charge in [-0.2, -0.15) is 0 Å². The summed E-state index contributed by atoms with van der Waals surface area (Å²) in [6, 6.07) is 21.0. The fraction of sp³-hybridized carbons (Fsp3) is 0.182. The Kier molecular flexibility index (Phi) is 6.72. The molecular weight excluding hydrogens is 420 g/mol. The molecule has 0 aliphatic heterocycles. The van der Waals surface area contributed by atoms with E-state index in [1.807, 2.05) is 19.9 Å². The highest BCUT2D eigenvalue weighted by Crippen LogP contribution is 2.19. The van der Waals surface area contributed by atoms with Crippen LogP contribution in [0.3, 0.4) is 0 Å². The van der Waals surface area contributed by atoms with E-state index in [0.717, 1.165) is 11.1 Å². The van der Waals surface area contributed by atoms with Gasteiger partial charge in [-0.3, -0.25) is 0 Å². The van der Waals surface area contributed by atoms with E-state index in [9.17, 15) is 16.8 Å². The van der Waals surface area contributed by atoms with Gasteiger partial charge in [-0.25, -0.2) is 26.3 Å². The van der Waals surface area contributed by atoms with Crippen LogP contribution in [0.15, 0.2) is 88.7 Å². The minimum Gasteiger partial charge on any atom is -0.209 e. The van der Waals surface area contributed by atoms with Gasteiger partial charge in [-0.1, -0.05) is 65.7 Å². The maximum Gasteiger partial charge on any atom is 0.241 e. The third-order valence-corrected chi connectivity index (χ3v) is 7.57. The summed E-state index contributed by atoms with van der Waals surface area (Å²) < 4.78 is 56.2. The van der Waals surface area contributed by atoms with Crippen LogP contribution < -0.4 is 9.44 Å². The first-order valence-corrected chi connectivity index (χ1v) is 12.3. The van der Waals surface area contributed by atoms with E-state index in [1.54, 1.807) is 48.5 Å². The van der Waals surface area contributed by atoms with E-state index >= 15 is 0 Å². The summed E-state index contributed by atoms with van der Waals surface area (Å²) in [6.07, 6.45) is 0. The molecule has 2 N–H and O–H groups in total. The average molecular weight is 445 g/mol. The maximum atomic E-state index is 12.9. The molecule has 158 valence electrons. The quantitative estimate of drug-likeness (QED) is 0.558. The second-order valence-corrected chi connectivity index (χ2v) is 10.5. The third-order valence-electron chi connectivity index (χ3n) is 4.64. The molecule has 30 heavy (non-hydrogen) atoms. The van der Waals surface area contributed by atoms with E-state index in [-0.39, 0.29) is 16.3 Å². The molecule has 3 rings (SSSR count). The fourth-order valence-corrected chi connectivity index (χ4v) is 5.15. The van der Waals surface area contributed by atoms with Gasteiger partial charge in [0.05, 0.1) is 15.8 Å². The smallest absolute Gasteiger partial charge is 0.209 e. The van der Waals surface area contributed by atoms with Gasteiger partial charge >= 0.3 is 0 Å². The summed E-state index contributed by atoms with van der Waals surface area (Å²) in [7, 11) is -7.64. The number of aryl methyl sites for hydroxylation is 2. The Bertz CT molecular complexity index is 1190. The molecule has 0 aromatic heterocycles. The van der Waals surface area contributed by atoms with Crippen LogP contribution >= 0.6 is 0 Å². The summed E-state index contributed by atoms with van der Waals surface area (Å²) in [5.74, 6) is 0. The van der Waals surface area contributed by atoms with Gasteiger partial charge in [-0.15, -0.1) is 0 Å². The van der Waals surface area contributed by atoms with Crippen molar-refractivity contribution in [2.24, 2.45) is 0 Å². The zero-order valence-electron chi connectivity index (χ0n) is 16.7. The molecule has 3 aromatic rings. The van der Waals surface area contributed by atoms with Crippen LogP contribution in [0, 0.1) is 13.8 Å².